The second-order valence-electron chi connectivity index (χ2n) is 7.89. The number of piperidine rings is 1. The average Bonchev–Trinajstić information content (AvgIpc) is 3.22. The lowest BCUT2D eigenvalue weighted by molar-refractivity contribution is 0.102. The van der Waals surface area contributed by atoms with Crippen molar-refractivity contribution < 1.29 is 22.0 Å². The highest BCUT2D eigenvalue weighted by atomic mass is 32.2. The third kappa shape index (κ3) is 5.03. The number of carbonyl (C=O) groups is 1. The molecule has 0 bridgehead atoms. The van der Waals surface area contributed by atoms with Crippen molar-refractivity contribution in [3.8, 4) is 0 Å². The number of hydrogen-bond donors (Lipinski definition) is 1. The van der Waals surface area contributed by atoms with Crippen molar-refractivity contribution in [1.29, 1.82) is 0 Å². The van der Waals surface area contributed by atoms with E-state index in [1.54, 1.807) is 12.1 Å². The molecule has 1 atom stereocenters. The van der Waals surface area contributed by atoms with E-state index in [2.05, 4.69) is 15.5 Å². The van der Waals surface area contributed by atoms with Gasteiger partial charge < -0.3 is 4.42 Å². The first kappa shape index (κ1) is 22.1. The number of rotatable bonds is 6. The molecule has 0 radical (unpaired) electrons. The van der Waals surface area contributed by atoms with E-state index in [0.717, 1.165) is 18.4 Å². The summed E-state index contributed by atoms with van der Waals surface area (Å²) in [5.41, 5.74) is 1.04. The minimum atomic E-state index is -3.59. The Labute approximate surface area is 185 Å². The molecule has 2 heterocycles. The lowest BCUT2D eigenvalue weighted by Crippen LogP contribution is -2.39. The molecular formula is C22H23FN4O4S. The Hall–Kier alpha value is -3.11. The average molecular weight is 459 g/mol. The van der Waals surface area contributed by atoms with Gasteiger partial charge in [-0.15, -0.1) is 5.10 Å². The molecule has 4 rings (SSSR count). The number of hydrogen-bond acceptors (Lipinski definition) is 6. The van der Waals surface area contributed by atoms with Gasteiger partial charge >= 0.3 is 6.01 Å². The van der Waals surface area contributed by atoms with Gasteiger partial charge in [0, 0.05) is 18.7 Å². The Morgan fingerprint density at radius 2 is 1.88 bits per heavy atom. The predicted molar refractivity (Wildman–Crippen MR) is 115 cm³/mol. The molecule has 2 aromatic carbocycles. The van der Waals surface area contributed by atoms with E-state index in [-0.39, 0.29) is 28.2 Å². The third-order valence-electron chi connectivity index (χ3n) is 5.33. The van der Waals surface area contributed by atoms with Crippen LogP contribution in [0.1, 0.15) is 41.6 Å². The summed E-state index contributed by atoms with van der Waals surface area (Å²) in [6.45, 7) is 3.05. The smallest absolute Gasteiger partial charge is 0.322 e. The number of anilines is 1. The molecule has 0 spiro atoms. The van der Waals surface area contributed by atoms with Gasteiger partial charge in [-0.3, -0.25) is 10.1 Å². The first-order valence-electron chi connectivity index (χ1n) is 10.3. The van der Waals surface area contributed by atoms with Crippen molar-refractivity contribution in [1.82, 2.24) is 14.5 Å². The number of aromatic nitrogens is 2. The van der Waals surface area contributed by atoms with Crippen molar-refractivity contribution in [3.05, 3.63) is 71.4 Å². The minimum absolute atomic E-state index is 0.0777. The molecule has 10 heteroatoms. The Morgan fingerprint density at radius 3 is 2.56 bits per heavy atom. The van der Waals surface area contributed by atoms with Gasteiger partial charge in [0.2, 0.25) is 15.9 Å². The van der Waals surface area contributed by atoms with Crippen molar-refractivity contribution in [3.63, 3.8) is 0 Å². The number of carbonyl (C=O) groups excluding carboxylic acids is 1. The molecule has 1 saturated heterocycles. The molecule has 1 amide bonds. The highest BCUT2D eigenvalue weighted by Crippen LogP contribution is 2.24. The van der Waals surface area contributed by atoms with Crippen LogP contribution in [0.4, 0.5) is 10.4 Å². The van der Waals surface area contributed by atoms with Gasteiger partial charge in [0.25, 0.3) is 5.91 Å². The molecule has 3 aromatic rings. The number of nitrogens with one attached hydrogen (secondary N) is 1. The molecule has 168 valence electrons. The fourth-order valence-electron chi connectivity index (χ4n) is 3.61. The molecule has 0 unspecified atom stereocenters. The van der Waals surface area contributed by atoms with Crippen LogP contribution in [0.3, 0.4) is 0 Å². The van der Waals surface area contributed by atoms with E-state index in [9.17, 15) is 17.6 Å². The zero-order chi connectivity index (χ0) is 22.7. The Bertz CT molecular complexity index is 1190. The largest absolute Gasteiger partial charge is 0.407 e. The number of nitrogens with zero attached hydrogens (tertiary/aromatic N) is 3. The van der Waals surface area contributed by atoms with Gasteiger partial charge in [0.15, 0.2) is 0 Å². The van der Waals surface area contributed by atoms with Crippen LogP contribution in [-0.4, -0.2) is 41.9 Å². The van der Waals surface area contributed by atoms with Gasteiger partial charge in [-0.2, -0.15) is 4.31 Å². The maximum atomic E-state index is 13.0. The predicted octanol–water partition coefficient (Wildman–Crippen LogP) is 3.47. The SMILES string of the molecule is C[C@H]1CCCN(S(=O)(=O)c2ccc(C(=O)Nc3nnc(Cc4ccc(F)cc4)o3)cc2)C1. The molecule has 1 N–H and O–H groups in total. The van der Waals surface area contributed by atoms with Crippen LogP contribution in [0.5, 0.6) is 0 Å². The van der Waals surface area contributed by atoms with E-state index in [4.69, 9.17) is 4.42 Å². The molecule has 32 heavy (non-hydrogen) atoms. The minimum Gasteiger partial charge on any atom is -0.407 e. The molecule has 0 aliphatic carbocycles. The van der Waals surface area contributed by atoms with Gasteiger partial charge in [-0.1, -0.05) is 24.2 Å². The Kier molecular flexibility index (Phi) is 6.33. The monoisotopic (exact) mass is 458 g/mol. The van der Waals surface area contributed by atoms with Crippen LogP contribution < -0.4 is 5.32 Å². The lowest BCUT2D eigenvalue weighted by Gasteiger charge is -2.30. The van der Waals surface area contributed by atoms with E-state index in [1.165, 1.54) is 40.7 Å². The van der Waals surface area contributed by atoms with E-state index in [0.29, 0.717) is 25.4 Å². The fourth-order valence-corrected chi connectivity index (χ4v) is 5.21. The van der Waals surface area contributed by atoms with Crippen LogP contribution >= 0.6 is 0 Å². The second-order valence-corrected chi connectivity index (χ2v) is 9.83. The van der Waals surface area contributed by atoms with Gasteiger partial charge in [0.1, 0.15) is 5.82 Å². The van der Waals surface area contributed by atoms with E-state index < -0.39 is 15.9 Å². The topological polar surface area (TPSA) is 105 Å². The number of sulfonamides is 1. The highest BCUT2D eigenvalue weighted by Gasteiger charge is 2.28. The first-order valence-corrected chi connectivity index (χ1v) is 11.7. The van der Waals surface area contributed by atoms with Crippen LogP contribution in [-0.2, 0) is 16.4 Å². The summed E-state index contributed by atoms with van der Waals surface area (Å²) in [5, 5.41) is 10.2. The molecule has 1 aliphatic heterocycles. The number of halogens is 1. The quantitative estimate of drug-likeness (QED) is 0.606. The molecule has 1 fully saturated rings. The Balaban J connectivity index is 1.40. The van der Waals surface area contributed by atoms with Crippen molar-refractivity contribution in [2.45, 2.75) is 31.1 Å². The highest BCUT2D eigenvalue weighted by molar-refractivity contribution is 7.89. The molecular weight excluding hydrogens is 435 g/mol. The normalized spacial score (nSPS) is 17.2. The molecule has 8 nitrogen and oxygen atoms in total. The van der Waals surface area contributed by atoms with Gasteiger partial charge in [-0.25, -0.2) is 12.8 Å². The number of benzene rings is 2. The summed E-state index contributed by atoms with van der Waals surface area (Å²) in [5.74, 6) is -0.246. The maximum Gasteiger partial charge on any atom is 0.322 e. The van der Waals surface area contributed by atoms with Gasteiger partial charge in [-0.05, 0) is 60.7 Å². The molecule has 1 aliphatic rings. The fraction of sp³-hybridized carbons (Fsp3) is 0.318. The van der Waals surface area contributed by atoms with Crippen LogP contribution in [0.25, 0.3) is 0 Å². The second kappa shape index (κ2) is 9.17. The van der Waals surface area contributed by atoms with Crippen molar-refractivity contribution in [2.24, 2.45) is 5.92 Å². The van der Waals surface area contributed by atoms with Crippen LogP contribution in [0.15, 0.2) is 57.8 Å². The van der Waals surface area contributed by atoms with Gasteiger partial charge in [0.05, 0.1) is 11.3 Å². The third-order valence-corrected chi connectivity index (χ3v) is 7.21. The lowest BCUT2D eigenvalue weighted by atomic mass is 10.0. The van der Waals surface area contributed by atoms with Crippen molar-refractivity contribution in [2.75, 3.05) is 18.4 Å². The zero-order valence-electron chi connectivity index (χ0n) is 17.5. The van der Waals surface area contributed by atoms with Crippen LogP contribution in [0.2, 0.25) is 0 Å². The number of amides is 1. The summed E-state index contributed by atoms with van der Waals surface area (Å²) in [7, 11) is -3.59. The summed E-state index contributed by atoms with van der Waals surface area (Å²) in [4.78, 5) is 12.6. The van der Waals surface area contributed by atoms with Crippen LogP contribution in [0, 0.1) is 11.7 Å². The zero-order valence-corrected chi connectivity index (χ0v) is 18.3. The summed E-state index contributed by atoms with van der Waals surface area (Å²) < 4.78 is 45.6. The Morgan fingerprint density at radius 1 is 1.16 bits per heavy atom. The summed E-state index contributed by atoms with van der Waals surface area (Å²) in [6.07, 6.45) is 2.16. The molecule has 0 saturated carbocycles. The first-order chi connectivity index (χ1) is 15.3. The maximum absolute atomic E-state index is 13.0. The summed E-state index contributed by atoms with van der Waals surface area (Å²) in [6, 6.07) is 11.6. The standard InChI is InChI=1S/C22H23FN4O4S/c1-15-3-2-12-27(14-15)32(29,30)19-10-6-17(7-11-19)21(28)24-22-26-25-20(31-22)13-16-4-8-18(23)9-5-16/h4-11,15H,2-3,12-14H2,1H3,(H,24,26,28)/t15-/m0/s1. The van der Waals surface area contributed by atoms with Crippen molar-refractivity contribution >= 4 is 21.9 Å². The van der Waals surface area contributed by atoms with E-state index >= 15 is 0 Å². The van der Waals surface area contributed by atoms with E-state index in [1.807, 2.05) is 6.92 Å². The summed E-state index contributed by atoms with van der Waals surface area (Å²) >= 11 is 0. The molecule has 1 aromatic heterocycles.